The Bertz CT molecular complexity index is 1040. The van der Waals surface area contributed by atoms with Crippen molar-refractivity contribution in [3.05, 3.63) is 24.3 Å². The van der Waals surface area contributed by atoms with Gasteiger partial charge in [0.25, 0.3) is 0 Å². The highest BCUT2D eigenvalue weighted by atomic mass is 16.6. The molecule has 0 saturated heterocycles. The van der Waals surface area contributed by atoms with Crippen LogP contribution in [0.4, 0.5) is 0 Å². The van der Waals surface area contributed by atoms with Crippen LogP contribution < -0.4 is 0 Å². The highest BCUT2D eigenvalue weighted by Crippen LogP contribution is 2.17. The average molecular weight is 901 g/mol. The highest BCUT2D eigenvalue weighted by molar-refractivity contribution is 5.71. The summed E-state index contributed by atoms with van der Waals surface area (Å²) < 4.78 is 16.8. The van der Waals surface area contributed by atoms with Crippen molar-refractivity contribution in [3.8, 4) is 0 Å². The van der Waals surface area contributed by atoms with Crippen molar-refractivity contribution in [2.75, 3.05) is 13.2 Å². The zero-order chi connectivity index (χ0) is 46.5. The third-order valence-corrected chi connectivity index (χ3v) is 12.7. The monoisotopic (exact) mass is 901 g/mol. The van der Waals surface area contributed by atoms with Crippen molar-refractivity contribution in [1.29, 1.82) is 0 Å². The lowest BCUT2D eigenvalue weighted by Gasteiger charge is -2.18. The minimum atomic E-state index is -0.773. The predicted molar refractivity (Wildman–Crippen MR) is 275 cm³/mol. The Labute approximate surface area is 398 Å². The van der Waals surface area contributed by atoms with E-state index < -0.39 is 6.10 Å². The molecule has 1 unspecified atom stereocenters. The SMILES string of the molecule is CCCC/C=C\CCCCCCC(=O)OCC(COC(=O)CCCCCCCCCCCCCCCCCCCCC)OC(=O)CCCCCCCCC/C=C\CCCCCCCC. The van der Waals surface area contributed by atoms with Crippen molar-refractivity contribution < 1.29 is 28.6 Å². The van der Waals surface area contributed by atoms with Gasteiger partial charge in [-0.3, -0.25) is 14.4 Å². The Hall–Kier alpha value is -2.11. The summed E-state index contributed by atoms with van der Waals surface area (Å²) in [6, 6.07) is 0. The van der Waals surface area contributed by atoms with E-state index in [1.807, 2.05) is 0 Å². The van der Waals surface area contributed by atoms with E-state index in [0.717, 1.165) is 77.0 Å². The highest BCUT2D eigenvalue weighted by Gasteiger charge is 2.19. The van der Waals surface area contributed by atoms with Crippen LogP contribution in [0.3, 0.4) is 0 Å². The van der Waals surface area contributed by atoms with E-state index in [4.69, 9.17) is 14.2 Å². The van der Waals surface area contributed by atoms with E-state index >= 15 is 0 Å². The van der Waals surface area contributed by atoms with Crippen LogP contribution >= 0.6 is 0 Å². The maximum Gasteiger partial charge on any atom is 0.306 e. The smallest absolute Gasteiger partial charge is 0.306 e. The summed E-state index contributed by atoms with van der Waals surface area (Å²) in [7, 11) is 0. The molecule has 0 N–H and O–H groups in total. The van der Waals surface area contributed by atoms with Gasteiger partial charge in [0.05, 0.1) is 0 Å². The van der Waals surface area contributed by atoms with Gasteiger partial charge in [-0.15, -0.1) is 0 Å². The van der Waals surface area contributed by atoms with Crippen LogP contribution in [0.1, 0.15) is 310 Å². The second-order valence-electron chi connectivity index (χ2n) is 19.2. The van der Waals surface area contributed by atoms with E-state index in [0.29, 0.717) is 19.3 Å². The second kappa shape index (κ2) is 53.5. The maximum atomic E-state index is 12.8. The first-order valence-corrected chi connectivity index (χ1v) is 28.3. The van der Waals surface area contributed by atoms with Crippen LogP contribution in [0.2, 0.25) is 0 Å². The molecule has 0 radical (unpaired) electrons. The zero-order valence-electron chi connectivity index (χ0n) is 43.1. The molecule has 0 spiro atoms. The molecule has 0 aromatic rings. The van der Waals surface area contributed by atoms with Crippen LogP contribution in [-0.2, 0) is 28.6 Å². The number of hydrogen-bond acceptors (Lipinski definition) is 6. The van der Waals surface area contributed by atoms with Crippen LogP contribution in [0.15, 0.2) is 24.3 Å². The molecule has 6 heteroatoms. The van der Waals surface area contributed by atoms with Crippen LogP contribution in [0.5, 0.6) is 0 Å². The number of rotatable bonds is 52. The lowest BCUT2D eigenvalue weighted by molar-refractivity contribution is -0.167. The van der Waals surface area contributed by atoms with Crippen LogP contribution in [-0.4, -0.2) is 37.2 Å². The number of carbonyl (C=O) groups is 3. The van der Waals surface area contributed by atoms with Crippen molar-refractivity contribution in [2.45, 2.75) is 316 Å². The van der Waals surface area contributed by atoms with E-state index in [9.17, 15) is 14.4 Å². The molecular weight excluding hydrogens is 793 g/mol. The van der Waals surface area contributed by atoms with Crippen LogP contribution in [0, 0.1) is 0 Å². The second-order valence-corrected chi connectivity index (χ2v) is 19.2. The first kappa shape index (κ1) is 61.9. The Kier molecular flexibility index (Phi) is 51.7. The van der Waals surface area contributed by atoms with Gasteiger partial charge in [-0.1, -0.05) is 251 Å². The molecule has 0 aliphatic heterocycles. The summed E-state index contributed by atoms with van der Waals surface area (Å²) >= 11 is 0. The average Bonchev–Trinajstić information content (AvgIpc) is 3.29. The lowest BCUT2D eigenvalue weighted by atomic mass is 10.0. The van der Waals surface area contributed by atoms with Gasteiger partial charge in [-0.2, -0.15) is 0 Å². The van der Waals surface area contributed by atoms with Crippen molar-refractivity contribution >= 4 is 17.9 Å². The number of ether oxygens (including phenoxy) is 3. The van der Waals surface area contributed by atoms with Gasteiger partial charge in [-0.05, 0) is 64.2 Å². The fourth-order valence-corrected chi connectivity index (χ4v) is 8.36. The van der Waals surface area contributed by atoms with E-state index in [-0.39, 0.29) is 31.1 Å². The van der Waals surface area contributed by atoms with Gasteiger partial charge < -0.3 is 14.2 Å². The van der Waals surface area contributed by atoms with Gasteiger partial charge in [-0.25, -0.2) is 0 Å². The van der Waals surface area contributed by atoms with Crippen molar-refractivity contribution in [3.63, 3.8) is 0 Å². The number of esters is 3. The molecule has 0 aromatic heterocycles. The molecular formula is C58H108O6. The quantitative estimate of drug-likeness (QED) is 0.0262. The number of hydrogen-bond donors (Lipinski definition) is 0. The Morgan fingerprint density at radius 3 is 0.828 bits per heavy atom. The molecule has 0 heterocycles. The third kappa shape index (κ3) is 50.9. The summed E-state index contributed by atoms with van der Waals surface area (Å²) in [6.07, 6.45) is 61.7. The molecule has 0 aliphatic rings. The van der Waals surface area contributed by atoms with Gasteiger partial charge in [0.15, 0.2) is 6.10 Å². The molecule has 376 valence electrons. The number of unbranched alkanes of at least 4 members (excludes halogenated alkanes) is 37. The lowest BCUT2D eigenvalue weighted by Crippen LogP contribution is -2.30. The Morgan fingerprint density at radius 2 is 0.531 bits per heavy atom. The van der Waals surface area contributed by atoms with Gasteiger partial charge >= 0.3 is 17.9 Å². The molecule has 6 nitrogen and oxygen atoms in total. The summed E-state index contributed by atoms with van der Waals surface area (Å²) in [5.41, 5.74) is 0. The largest absolute Gasteiger partial charge is 0.462 e. The van der Waals surface area contributed by atoms with E-state index in [2.05, 4.69) is 45.1 Å². The molecule has 0 aliphatic carbocycles. The summed E-state index contributed by atoms with van der Waals surface area (Å²) in [6.45, 7) is 6.62. The molecule has 1 atom stereocenters. The molecule has 0 aromatic carbocycles. The van der Waals surface area contributed by atoms with E-state index in [1.165, 1.54) is 193 Å². The predicted octanol–water partition coefficient (Wildman–Crippen LogP) is 18.7. The third-order valence-electron chi connectivity index (χ3n) is 12.7. The zero-order valence-corrected chi connectivity index (χ0v) is 43.1. The minimum Gasteiger partial charge on any atom is -0.462 e. The molecule has 0 bridgehead atoms. The Morgan fingerprint density at radius 1 is 0.297 bits per heavy atom. The fourth-order valence-electron chi connectivity index (χ4n) is 8.36. The van der Waals surface area contributed by atoms with Gasteiger partial charge in [0, 0.05) is 19.3 Å². The van der Waals surface area contributed by atoms with Crippen molar-refractivity contribution in [2.24, 2.45) is 0 Å². The summed E-state index contributed by atoms with van der Waals surface area (Å²) in [4.78, 5) is 38.0. The molecule has 0 amide bonds. The molecule has 0 fully saturated rings. The standard InChI is InChI=1S/C58H108O6/c1-4-7-10-13-16-19-22-24-26-28-29-31-32-34-36-39-42-45-48-51-57(60)63-54-55(53-62-56(59)50-47-44-41-38-21-18-15-12-9-6-3)64-58(61)52-49-46-43-40-37-35-33-30-27-25-23-20-17-14-11-8-5-2/h15,18,25,27,55H,4-14,16-17,19-24,26,28-54H2,1-3H3/b18-15-,27-25-. The van der Waals surface area contributed by atoms with Gasteiger partial charge in [0.1, 0.15) is 13.2 Å². The van der Waals surface area contributed by atoms with Crippen LogP contribution in [0.25, 0.3) is 0 Å². The fraction of sp³-hybridized carbons (Fsp3) is 0.879. The maximum absolute atomic E-state index is 12.8. The first-order valence-electron chi connectivity index (χ1n) is 28.3. The minimum absolute atomic E-state index is 0.0724. The topological polar surface area (TPSA) is 78.9 Å². The number of allylic oxidation sites excluding steroid dienone is 4. The Balaban J connectivity index is 4.27. The molecule has 0 rings (SSSR count). The summed E-state index contributed by atoms with van der Waals surface area (Å²) in [5.74, 6) is -0.874. The number of carbonyl (C=O) groups excluding carboxylic acids is 3. The normalized spacial score (nSPS) is 12.1. The van der Waals surface area contributed by atoms with Crippen molar-refractivity contribution in [1.82, 2.24) is 0 Å². The van der Waals surface area contributed by atoms with E-state index in [1.54, 1.807) is 0 Å². The molecule has 64 heavy (non-hydrogen) atoms. The first-order chi connectivity index (χ1) is 31.5. The van der Waals surface area contributed by atoms with Gasteiger partial charge in [0.2, 0.25) is 0 Å². The molecule has 0 saturated carbocycles. The summed E-state index contributed by atoms with van der Waals surface area (Å²) in [5, 5.41) is 0.